The second-order valence-electron chi connectivity index (χ2n) is 7.56. The van der Waals surface area contributed by atoms with Crippen LogP contribution < -0.4 is 0 Å². The number of oxazole rings is 1. The molecule has 0 saturated heterocycles. The molecule has 32 heavy (non-hydrogen) atoms. The summed E-state index contributed by atoms with van der Waals surface area (Å²) in [5.74, 6) is 0.137. The van der Waals surface area contributed by atoms with Crippen LogP contribution in [0.25, 0.3) is 16.8 Å². The number of rotatable bonds is 7. The van der Waals surface area contributed by atoms with Crippen molar-refractivity contribution in [2.75, 3.05) is 19.8 Å². The number of para-hydroxylation sites is 1. The van der Waals surface area contributed by atoms with Gasteiger partial charge in [-0.15, -0.1) is 0 Å². The number of nitrogens with zero attached hydrogens (tertiary/aromatic N) is 3. The molecule has 4 aromatic rings. The van der Waals surface area contributed by atoms with Crippen molar-refractivity contribution in [2.45, 2.75) is 24.0 Å². The second kappa shape index (κ2) is 8.57. The summed E-state index contributed by atoms with van der Waals surface area (Å²) >= 11 is 1.19. The maximum absolute atomic E-state index is 12.9. The van der Waals surface area contributed by atoms with Crippen molar-refractivity contribution in [3.63, 3.8) is 0 Å². The van der Waals surface area contributed by atoms with E-state index in [0.29, 0.717) is 21.9 Å². The third-order valence-corrected chi connectivity index (χ3v) is 7.83. The van der Waals surface area contributed by atoms with Crippen molar-refractivity contribution in [2.24, 2.45) is 0 Å². The van der Waals surface area contributed by atoms with Crippen molar-refractivity contribution in [1.82, 2.24) is 13.9 Å². The quantitative estimate of drug-likeness (QED) is 0.293. The number of aryl methyl sites for hydroxylation is 1. The Labute approximate surface area is 191 Å². The number of benzene rings is 2. The predicted molar refractivity (Wildman–Crippen MR) is 125 cm³/mol. The number of hydrogen-bond acceptors (Lipinski definition) is 6. The van der Waals surface area contributed by atoms with Gasteiger partial charge in [-0.25, -0.2) is 17.7 Å². The Kier molecular flexibility index (Phi) is 5.98. The highest BCUT2D eigenvalue weighted by atomic mass is 32.2. The van der Waals surface area contributed by atoms with Crippen LogP contribution in [0, 0.1) is 13.8 Å². The summed E-state index contributed by atoms with van der Waals surface area (Å²) in [6, 6.07) is 16.3. The minimum Gasteiger partial charge on any atom is -0.431 e. The average Bonchev–Trinajstić information content (AvgIpc) is 3.31. The summed E-state index contributed by atoms with van der Waals surface area (Å²) in [6.45, 7) is 3.91. The van der Waals surface area contributed by atoms with Gasteiger partial charge in [0.2, 0.25) is 10.0 Å². The summed E-state index contributed by atoms with van der Waals surface area (Å²) in [4.78, 5) is 17.4. The zero-order chi connectivity index (χ0) is 23.0. The summed E-state index contributed by atoms with van der Waals surface area (Å²) in [6.07, 6.45) is 0. The van der Waals surface area contributed by atoms with Gasteiger partial charge in [-0.2, -0.15) is 0 Å². The molecule has 166 valence electrons. The maximum Gasteiger partial charge on any atom is 0.257 e. The minimum atomic E-state index is -3.56. The van der Waals surface area contributed by atoms with Gasteiger partial charge in [0.05, 0.1) is 10.6 Å². The lowest BCUT2D eigenvalue weighted by Crippen LogP contribution is -2.22. The molecule has 0 radical (unpaired) electrons. The van der Waals surface area contributed by atoms with Crippen LogP contribution >= 0.6 is 11.8 Å². The zero-order valence-electron chi connectivity index (χ0n) is 18.2. The molecule has 0 saturated carbocycles. The normalized spacial score (nSPS) is 12.0. The Balaban J connectivity index is 1.54. The van der Waals surface area contributed by atoms with E-state index >= 15 is 0 Å². The molecule has 0 aliphatic rings. The number of carbonyl (C=O) groups excluding carboxylic acids is 1. The molecule has 2 heterocycles. The fourth-order valence-electron chi connectivity index (χ4n) is 3.54. The van der Waals surface area contributed by atoms with Gasteiger partial charge in [0, 0.05) is 36.7 Å². The van der Waals surface area contributed by atoms with Gasteiger partial charge in [-0.3, -0.25) is 4.79 Å². The number of hydrogen-bond donors (Lipinski definition) is 0. The van der Waals surface area contributed by atoms with E-state index in [1.165, 1.54) is 38.0 Å². The molecule has 0 N–H and O–H groups in total. The molecule has 0 aliphatic heterocycles. The molecule has 0 amide bonds. The van der Waals surface area contributed by atoms with Crippen molar-refractivity contribution in [3.8, 4) is 5.69 Å². The minimum absolute atomic E-state index is 0.0246. The second-order valence-corrected chi connectivity index (χ2v) is 10.6. The number of fused-ring (bicyclic) bond motifs is 1. The monoisotopic (exact) mass is 469 g/mol. The van der Waals surface area contributed by atoms with E-state index in [0.717, 1.165) is 21.4 Å². The SMILES string of the molecule is Cc1cc(C(=O)CSc2nc3cc(S(=O)(=O)N(C)C)ccc3o2)c(C)n1-c1ccccc1. The van der Waals surface area contributed by atoms with Crippen LogP contribution in [0.4, 0.5) is 0 Å². The Morgan fingerprint density at radius 2 is 1.81 bits per heavy atom. The summed E-state index contributed by atoms with van der Waals surface area (Å²) in [7, 11) is -0.610. The highest BCUT2D eigenvalue weighted by Crippen LogP contribution is 2.28. The lowest BCUT2D eigenvalue weighted by molar-refractivity contribution is 0.102. The number of ketones is 1. The Morgan fingerprint density at radius 1 is 1.09 bits per heavy atom. The number of Topliss-reactive ketones (excluding diaryl/α,β-unsaturated/α-hetero) is 1. The van der Waals surface area contributed by atoms with Crippen molar-refractivity contribution in [1.29, 1.82) is 0 Å². The van der Waals surface area contributed by atoms with E-state index in [1.807, 2.05) is 50.2 Å². The molecule has 7 nitrogen and oxygen atoms in total. The van der Waals surface area contributed by atoms with Gasteiger partial charge in [0.1, 0.15) is 5.52 Å². The highest BCUT2D eigenvalue weighted by molar-refractivity contribution is 7.99. The van der Waals surface area contributed by atoms with Crippen LogP contribution in [-0.2, 0) is 10.0 Å². The van der Waals surface area contributed by atoms with Gasteiger partial charge >= 0.3 is 0 Å². The first-order valence-electron chi connectivity index (χ1n) is 9.92. The molecule has 0 aliphatic carbocycles. The lowest BCUT2D eigenvalue weighted by atomic mass is 10.2. The lowest BCUT2D eigenvalue weighted by Gasteiger charge is -2.10. The molecule has 0 fully saturated rings. The maximum atomic E-state index is 12.9. The summed E-state index contributed by atoms with van der Waals surface area (Å²) < 4.78 is 33.6. The first-order chi connectivity index (χ1) is 15.2. The molecule has 0 spiro atoms. The molecular weight excluding hydrogens is 446 g/mol. The van der Waals surface area contributed by atoms with Gasteiger partial charge in [0.15, 0.2) is 11.4 Å². The van der Waals surface area contributed by atoms with Gasteiger partial charge in [-0.1, -0.05) is 30.0 Å². The van der Waals surface area contributed by atoms with Crippen molar-refractivity contribution in [3.05, 3.63) is 71.5 Å². The Bertz CT molecular complexity index is 1400. The molecular formula is C23H23N3O4S2. The van der Waals surface area contributed by atoms with E-state index < -0.39 is 10.0 Å². The summed E-state index contributed by atoms with van der Waals surface area (Å²) in [5, 5.41) is 0.324. The van der Waals surface area contributed by atoms with Crippen LogP contribution in [0.5, 0.6) is 0 Å². The molecule has 2 aromatic heterocycles. The van der Waals surface area contributed by atoms with Gasteiger partial charge < -0.3 is 8.98 Å². The van der Waals surface area contributed by atoms with E-state index in [4.69, 9.17) is 4.42 Å². The zero-order valence-corrected chi connectivity index (χ0v) is 19.8. The number of thioether (sulfide) groups is 1. The van der Waals surface area contributed by atoms with Gasteiger partial charge in [0.25, 0.3) is 5.22 Å². The average molecular weight is 470 g/mol. The predicted octanol–water partition coefficient (Wildman–Crippen LogP) is 4.46. The molecule has 9 heteroatoms. The molecule has 2 aromatic carbocycles. The van der Waals surface area contributed by atoms with Crippen LogP contribution in [-0.4, -0.2) is 47.9 Å². The van der Waals surface area contributed by atoms with E-state index in [-0.39, 0.29) is 16.4 Å². The smallest absolute Gasteiger partial charge is 0.257 e. The van der Waals surface area contributed by atoms with Crippen molar-refractivity contribution < 1.29 is 17.6 Å². The van der Waals surface area contributed by atoms with E-state index in [2.05, 4.69) is 9.55 Å². The first kappa shape index (κ1) is 22.3. The Hall–Kier alpha value is -2.88. The standard InChI is InChI=1S/C23H23N3O4S2/c1-15-12-19(16(2)26(15)17-8-6-5-7-9-17)21(27)14-31-23-24-20-13-18(10-11-22(20)30-23)32(28,29)25(3)4/h5-13H,14H2,1-4H3. The van der Waals surface area contributed by atoms with Crippen LogP contribution in [0.1, 0.15) is 21.7 Å². The van der Waals surface area contributed by atoms with E-state index in [1.54, 1.807) is 6.07 Å². The van der Waals surface area contributed by atoms with Gasteiger partial charge in [-0.05, 0) is 50.2 Å². The highest BCUT2D eigenvalue weighted by Gasteiger charge is 2.20. The topological polar surface area (TPSA) is 85.4 Å². The molecule has 0 atom stereocenters. The number of sulfonamides is 1. The largest absolute Gasteiger partial charge is 0.431 e. The number of aromatic nitrogens is 2. The fourth-order valence-corrected chi connectivity index (χ4v) is 5.19. The third-order valence-electron chi connectivity index (χ3n) is 5.19. The third kappa shape index (κ3) is 4.11. The van der Waals surface area contributed by atoms with Crippen LogP contribution in [0.2, 0.25) is 0 Å². The number of carbonyl (C=O) groups is 1. The molecule has 0 unspecified atom stereocenters. The van der Waals surface area contributed by atoms with Crippen LogP contribution in [0.3, 0.4) is 0 Å². The fraction of sp³-hybridized carbons (Fsp3) is 0.217. The van der Waals surface area contributed by atoms with Crippen LogP contribution in [0.15, 0.2) is 69.1 Å². The van der Waals surface area contributed by atoms with Crippen molar-refractivity contribution >= 4 is 38.7 Å². The Morgan fingerprint density at radius 3 is 2.50 bits per heavy atom. The molecule has 0 bridgehead atoms. The first-order valence-corrected chi connectivity index (χ1v) is 12.3. The summed E-state index contributed by atoms with van der Waals surface area (Å²) in [5.41, 5.74) is 4.45. The molecule has 4 rings (SSSR count). The van der Waals surface area contributed by atoms with E-state index in [9.17, 15) is 13.2 Å².